The van der Waals surface area contributed by atoms with E-state index >= 15 is 0 Å². The topological polar surface area (TPSA) is 33.5 Å². The van der Waals surface area contributed by atoms with Crippen molar-refractivity contribution in [2.24, 2.45) is 0 Å². The standard InChI is InChI=1S/C69H60N4O/c1-46-39-66(70-44-61(46)48-21-12-9-13-22-48)73-62-38-35-53(69(5,6)7)41-60(62)59-37-36-56(43-65(59)73)74-55-26-17-25-54(42-55)71-45-72(64-30-15-14-29-63(64)71)67-57(49-31-33-52(34-32-49)68(2,3)4)27-18-28-58(67)51-24-16-23-50(40-51)47-19-10-8-11-20-47/h8-44H,45H2,1-7H3. The number of benzene rings is 9. The molecule has 1 aliphatic rings. The lowest BCUT2D eigenvalue weighted by Gasteiger charge is -2.28. The Balaban J connectivity index is 0.930. The van der Waals surface area contributed by atoms with Crippen LogP contribution in [0.5, 0.6) is 11.5 Å². The molecule has 5 nitrogen and oxygen atoms in total. The van der Waals surface area contributed by atoms with E-state index in [9.17, 15) is 0 Å². The van der Waals surface area contributed by atoms with Crippen molar-refractivity contribution in [2.75, 3.05) is 16.5 Å². The maximum atomic E-state index is 6.91. The highest BCUT2D eigenvalue weighted by atomic mass is 16.5. The summed E-state index contributed by atoms with van der Waals surface area (Å²) in [6.45, 7) is 16.4. The molecule has 0 spiro atoms. The van der Waals surface area contributed by atoms with Crippen molar-refractivity contribution < 1.29 is 4.74 Å². The molecule has 11 aromatic rings. The normalized spacial score (nSPS) is 12.7. The highest BCUT2D eigenvalue weighted by Gasteiger charge is 2.32. The van der Waals surface area contributed by atoms with E-state index in [1.54, 1.807) is 0 Å². The smallest absolute Gasteiger partial charge is 0.137 e. The first-order valence-electron chi connectivity index (χ1n) is 25.8. The summed E-state index contributed by atoms with van der Waals surface area (Å²) in [6, 6.07) is 78.9. The Hall–Kier alpha value is -8.67. The van der Waals surface area contributed by atoms with Gasteiger partial charge in [-0.1, -0.05) is 187 Å². The SMILES string of the molecule is Cc1cc(-n2c3ccc(C(C)(C)C)cc3c3ccc(Oc4cccc(N5CN(c6c(-c7ccc(C(C)(C)C)cc7)cccc6-c6cccc(-c7ccccc7)c6)c6ccccc65)c4)cc32)ncc1-c1ccccc1. The van der Waals surface area contributed by atoms with E-state index < -0.39 is 0 Å². The molecule has 0 saturated heterocycles. The molecule has 0 aliphatic carbocycles. The number of para-hydroxylation sites is 3. The van der Waals surface area contributed by atoms with Crippen LogP contribution in [-0.4, -0.2) is 16.2 Å². The molecule has 2 aromatic heterocycles. The van der Waals surface area contributed by atoms with Gasteiger partial charge in [-0.05, 0) is 123 Å². The molecule has 5 heteroatoms. The van der Waals surface area contributed by atoms with Gasteiger partial charge in [0.1, 0.15) is 24.0 Å². The zero-order chi connectivity index (χ0) is 50.7. The second kappa shape index (κ2) is 18.4. The Bertz CT molecular complexity index is 3880. The average molecular weight is 961 g/mol. The van der Waals surface area contributed by atoms with Crippen molar-refractivity contribution in [1.29, 1.82) is 0 Å². The zero-order valence-corrected chi connectivity index (χ0v) is 43.3. The maximum Gasteiger partial charge on any atom is 0.137 e. The number of hydrogen-bond donors (Lipinski definition) is 0. The Morgan fingerprint density at radius 1 is 0.419 bits per heavy atom. The van der Waals surface area contributed by atoms with Crippen LogP contribution in [0.4, 0.5) is 22.7 Å². The summed E-state index contributed by atoms with van der Waals surface area (Å²) >= 11 is 0. The summed E-state index contributed by atoms with van der Waals surface area (Å²) in [5.74, 6) is 2.39. The minimum Gasteiger partial charge on any atom is -0.457 e. The number of anilines is 4. The fraction of sp³-hybridized carbons (Fsp3) is 0.145. The number of aromatic nitrogens is 2. The predicted molar refractivity (Wildman–Crippen MR) is 311 cm³/mol. The molecule has 3 heterocycles. The monoisotopic (exact) mass is 960 g/mol. The van der Waals surface area contributed by atoms with Gasteiger partial charge in [0, 0.05) is 51.5 Å². The van der Waals surface area contributed by atoms with Crippen molar-refractivity contribution in [3.05, 3.63) is 241 Å². The molecule has 1 aliphatic heterocycles. The van der Waals surface area contributed by atoms with E-state index in [1.807, 2.05) is 6.20 Å². The van der Waals surface area contributed by atoms with Gasteiger partial charge in [0.2, 0.25) is 0 Å². The van der Waals surface area contributed by atoms with Crippen LogP contribution in [0.25, 0.3) is 72.1 Å². The van der Waals surface area contributed by atoms with E-state index in [4.69, 9.17) is 9.72 Å². The van der Waals surface area contributed by atoms with Crippen molar-refractivity contribution in [3.8, 4) is 61.8 Å². The Kier molecular flexibility index (Phi) is 11.6. The molecular weight excluding hydrogens is 901 g/mol. The van der Waals surface area contributed by atoms with E-state index in [1.165, 1.54) is 61.1 Å². The Morgan fingerprint density at radius 3 is 1.73 bits per heavy atom. The lowest BCUT2D eigenvalue weighted by molar-refractivity contribution is 0.483. The van der Waals surface area contributed by atoms with Gasteiger partial charge in [-0.25, -0.2) is 4.98 Å². The maximum absolute atomic E-state index is 6.91. The van der Waals surface area contributed by atoms with Crippen LogP contribution in [0.15, 0.2) is 225 Å². The van der Waals surface area contributed by atoms with Crippen molar-refractivity contribution >= 4 is 44.6 Å². The van der Waals surface area contributed by atoms with E-state index in [0.29, 0.717) is 6.67 Å². The van der Waals surface area contributed by atoms with E-state index in [2.05, 4.69) is 281 Å². The minimum absolute atomic E-state index is 0.00569. The summed E-state index contributed by atoms with van der Waals surface area (Å²) in [5, 5.41) is 2.35. The second-order valence-electron chi connectivity index (χ2n) is 21.8. The highest BCUT2D eigenvalue weighted by Crippen LogP contribution is 2.51. The fourth-order valence-corrected chi connectivity index (χ4v) is 10.8. The van der Waals surface area contributed by atoms with Crippen molar-refractivity contribution in [3.63, 3.8) is 0 Å². The first kappa shape index (κ1) is 46.4. The fourth-order valence-electron chi connectivity index (χ4n) is 10.8. The number of hydrogen-bond acceptors (Lipinski definition) is 4. The summed E-state index contributed by atoms with van der Waals surface area (Å²) in [4.78, 5) is 10.0. The number of rotatable bonds is 9. The van der Waals surface area contributed by atoms with Crippen LogP contribution in [0.1, 0.15) is 58.2 Å². The van der Waals surface area contributed by atoms with Gasteiger partial charge in [-0.2, -0.15) is 0 Å². The molecule has 0 unspecified atom stereocenters. The third kappa shape index (κ3) is 8.58. The van der Waals surface area contributed by atoms with Crippen LogP contribution in [-0.2, 0) is 10.8 Å². The lowest BCUT2D eigenvalue weighted by Crippen LogP contribution is -2.25. The first-order chi connectivity index (χ1) is 35.9. The molecule has 0 atom stereocenters. The van der Waals surface area contributed by atoms with Gasteiger partial charge in [-0.3, -0.25) is 4.57 Å². The molecule has 0 radical (unpaired) electrons. The average Bonchev–Trinajstić information content (AvgIpc) is 3.97. The number of fused-ring (bicyclic) bond motifs is 4. The van der Waals surface area contributed by atoms with Crippen molar-refractivity contribution in [2.45, 2.75) is 59.3 Å². The number of ether oxygens (including phenoxy) is 1. The van der Waals surface area contributed by atoms with Crippen LogP contribution < -0.4 is 14.5 Å². The third-order valence-corrected chi connectivity index (χ3v) is 14.8. The molecule has 362 valence electrons. The highest BCUT2D eigenvalue weighted by molar-refractivity contribution is 6.10. The summed E-state index contributed by atoms with van der Waals surface area (Å²) in [5.41, 5.74) is 19.8. The number of pyridine rings is 1. The van der Waals surface area contributed by atoms with E-state index in [-0.39, 0.29) is 10.8 Å². The first-order valence-corrected chi connectivity index (χ1v) is 25.8. The van der Waals surface area contributed by atoms with Gasteiger partial charge in [0.05, 0.1) is 28.1 Å². The molecule has 74 heavy (non-hydrogen) atoms. The van der Waals surface area contributed by atoms with Crippen LogP contribution >= 0.6 is 0 Å². The third-order valence-electron chi connectivity index (χ3n) is 14.8. The molecule has 12 rings (SSSR count). The molecule has 0 N–H and O–H groups in total. The van der Waals surface area contributed by atoms with Gasteiger partial charge < -0.3 is 14.5 Å². The van der Waals surface area contributed by atoms with Crippen LogP contribution in [0, 0.1) is 6.92 Å². The Labute approximate surface area is 435 Å². The minimum atomic E-state index is -0.00569. The largest absolute Gasteiger partial charge is 0.457 e. The van der Waals surface area contributed by atoms with Crippen molar-refractivity contribution in [1.82, 2.24) is 9.55 Å². The molecule has 0 saturated carbocycles. The second-order valence-corrected chi connectivity index (χ2v) is 21.8. The summed E-state index contributed by atoms with van der Waals surface area (Å²) in [6.07, 6.45) is 2.01. The van der Waals surface area contributed by atoms with Gasteiger partial charge in [0.15, 0.2) is 0 Å². The zero-order valence-electron chi connectivity index (χ0n) is 43.3. The summed E-state index contributed by atoms with van der Waals surface area (Å²) < 4.78 is 9.21. The predicted octanol–water partition coefficient (Wildman–Crippen LogP) is 18.8. The molecule has 0 fully saturated rings. The quantitative estimate of drug-likeness (QED) is 0.144. The van der Waals surface area contributed by atoms with E-state index in [0.717, 1.165) is 61.9 Å². The summed E-state index contributed by atoms with van der Waals surface area (Å²) in [7, 11) is 0. The Morgan fingerprint density at radius 2 is 1.01 bits per heavy atom. The lowest BCUT2D eigenvalue weighted by atomic mass is 9.85. The number of aryl methyl sites for hydroxylation is 1. The molecule has 9 aromatic carbocycles. The van der Waals surface area contributed by atoms with Crippen LogP contribution in [0.3, 0.4) is 0 Å². The molecule has 0 amide bonds. The van der Waals surface area contributed by atoms with Gasteiger partial charge >= 0.3 is 0 Å². The number of nitrogens with zero attached hydrogens (tertiary/aromatic N) is 4. The van der Waals surface area contributed by atoms with Gasteiger partial charge in [-0.15, -0.1) is 0 Å². The van der Waals surface area contributed by atoms with Crippen LogP contribution in [0.2, 0.25) is 0 Å². The van der Waals surface area contributed by atoms with Gasteiger partial charge in [0.25, 0.3) is 0 Å². The molecule has 0 bridgehead atoms. The molecular formula is C69H60N4O.